The van der Waals surface area contributed by atoms with E-state index in [1.165, 1.54) is 95.0 Å². The molecule has 9 aromatic rings. The molecule has 7 atom stereocenters. The zero-order chi connectivity index (χ0) is 90.4. The largest absolute Gasteiger partial charge is 0.478 e. The maximum atomic E-state index is 13.7. The lowest BCUT2D eigenvalue weighted by Gasteiger charge is -2.25. The van der Waals surface area contributed by atoms with Crippen LogP contribution in [-0.2, 0) is 54.3 Å². The molecule has 3 heterocycles. The molecule has 3 aliphatic heterocycles. The number of ketones is 3. The van der Waals surface area contributed by atoms with Crippen molar-refractivity contribution in [2.75, 3.05) is 51.8 Å². The van der Waals surface area contributed by atoms with Gasteiger partial charge in [0.25, 0.3) is 0 Å². The average molecular weight is 1730 g/mol. The number of para-hydroxylation sites is 3. The summed E-state index contributed by atoms with van der Waals surface area (Å²) in [5, 5.41) is 28.4. The Morgan fingerprint density at radius 3 is 0.968 bits per heavy atom. The highest BCUT2D eigenvalue weighted by Gasteiger charge is 2.45. The van der Waals surface area contributed by atoms with Crippen LogP contribution in [0.3, 0.4) is 0 Å². The van der Waals surface area contributed by atoms with Gasteiger partial charge in [0, 0.05) is 102 Å². The Labute approximate surface area is 725 Å². The van der Waals surface area contributed by atoms with E-state index in [1.54, 1.807) is 113 Å². The summed E-state index contributed by atoms with van der Waals surface area (Å²) < 4.78 is 83.3. The zero-order valence-corrected chi connectivity index (χ0v) is 73.7. The predicted molar refractivity (Wildman–Crippen MR) is 466 cm³/mol. The first-order valence-electron chi connectivity index (χ1n) is 40.7. The summed E-state index contributed by atoms with van der Waals surface area (Å²) in [5.41, 5.74) is 4.96. The van der Waals surface area contributed by atoms with Crippen LogP contribution in [0.4, 0.5) is 18.8 Å². The van der Waals surface area contributed by atoms with Crippen molar-refractivity contribution >= 4 is 74.2 Å². The van der Waals surface area contributed by atoms with E-state index in [-0.39, 0.29) is 59.6 Å². The van der Waals surface area contributed by atoms with Gasteiger partial charge in [0.05, 0.1) is 4.90 Å². The van der Waals surface area contributed by atoms with Crippen molar-refractivity contribution in [3.8, 4) is 34.5 Å². The molecule has 0 spiro atoms. The fourth-order valence-electron chi connectivity index (χ4n) is 15.6. The summed E-state index contributed by atoms with van der Waals surface area (Å²) in [5.74, 6) is -3.08. The number of rotatable bonds is 28. The van der Waals surface area contributed by atoms with Gasteiger partial charge >= 0.3 is 36.2 Å². The smallest absolute Gasteiger partial charge is 0.415 e. The number of likely N-dealkylation sites (tertiary alicyclic amines) is 3. The van der Waals surface area contributed by atoms with Crippen LogP contribution in [0.5, 0.6) is 34.5 Å². The fraction of sp³-hybridized carbons (Fsp3) is 0.351. The SMILES string of the molecule is Cc1cc(CC2CN(C(=O)Oc3ccccc3)CC2C(=O)c2ccc(F)cc2)cc(C)c1OC(C)(C)C(=O)O.Cc1cc(CCC2CN(C(=O)Oc3ccccc3)CC2C(=O)c2ccc(S(C)(=O)=O)cc2)cc(C)c1OC(C)(C)C(=O)O.Cc1cc(CCC2CN(C(=O)Oc3ccccc3)CC2C(=O)c2ccc(S(C)=O)cc2)cc(C)c1OC(C)(C)C(=O)O. The highest BCUT2D eigenvalue weighted by Crippen LogP contribution is 2.39. The second-order valence-corrected chi connectivity index (χ2v) is 36.8. The molecule has 3 amide bonds. The first kappa shape index (κ1) is 93.9. The molecule has 0 radical (unpaired) electrons. The number of carbonyl (C=O) groups is 9. The molecule has 0 saturated carbocycles. The molecular formula is C97H106FN3O21S2. The number of carboxylic acids is 3. The number of benzene rings is 9. The summed E-state index contributed by atoms with van der Waals surface area (Å²) in [6.07, 6.45) is 4.18. The summed E-state index contributed by atoms with van der Waals surface area (Å²) >= 11 is 0. The number of nitrogens with zero attached hydrogens (tertiary/aromatic N) is 3. The third kappa shape index (κ3) is 24.3. The van der Waals surface area contributed by atoms with Crippen molar-refractivity contribution in [3.05, 3.63) is 273 Å². The maximum Gasteiger partial charge on any atom is 0.415 e. The van der Waals surface area contributed by atoms with Crippen LogP contribution in [-0.4, -0.2) is 165 Å². The van der Waals surface area contributed by atoms with Crippen molar-refractivity contribution in [3.63, 3.8) is 0 Å². The fourth-order valence-corrected chi connectivity index (χ4v) is 16.7. The minimum absolute atomic E-state index is 0.0598. The Morgan fingerprint density at radius 2 is 0.677 bits per heavy atom. The van der Waals surface area contributed by atoms with E-state index in [0.717, 1.165) is 56.3 Å². The minimum Gasteiger partial charge on any atom is -0.478 e. The molecule has 3 aliphatic rings. The van der Waals surface area contributed by atoms with E-state index >= 15 is 0 Å². The molecule has 12 rings (SSSR count). The molecule has 0 aliphatic carbocycles. The van der Waals surface area contributed by atoms with Crippen molar-refractivity contribution in [2.45, 2.75) is 142 Å². The second-order valence-electron chi connectivity index (χ2n) is 33.4. The molecule has 3 fully saturated rings. The number of hydrogen-bond acceptors (Lipinski definition) is 18. The van der Waals surface area contributed by atoms with Crippen molar-refractivity contribution in [1.82, 2.24) is 14.7 Å². The van der Waals surface area contributed by atoms with Gasteiger partial charge in [0.2, 0.25) is 0 Å². The third-order valence-corrected chi connectivity index (χ3v) is 24.5. The number of aryl methyl sites for hydroxylation is 8. The van der Waals surface area contributed by atoms with Crippen LogP contribution < -0.4 is 28.4 Å². The first-order chi connectivity index (χ1) is 58.4. The number of Topliss-reactive ketones (excluding diaryl/α,β-unsaturated/α-hetero) is 3. The van der Waals surface area contributed by atoms with Gasteiger partial charge in [-0.15, -0.1) is 0 Å². The van der Waals surface area contributed by atoms with Gasteiger partial charge in [0.1, 0.15) is 40.3 Å². The van der Waals surface area contributed by atoms with Crippen LogP contribution in [0.15, 0.2) is 210 Å². The van der Waals surface area contributed by atoms with Crippen LogP contribution in [0.2, 0.25) is 0 Å². The van der Waals surface area contributed by atoms with Gasteiger partial charge in [-0.3, -0.25) is 18.6 Å². The lowest BCUT2D eigenvalue weighted by atomic mass is 9.84. The predicted octanol–water partition coefficient (Wildman–Crippen LogP) is 17.2. The van der Waals surface area contributed by atoms with E-state index in [2.05, 4.69) is 0 Å². The average Bonchev–Trinajstić information content (AvgIpc) is 1.60. The van der Waals surface area contributed by atoms with Crippen LogP contribution in [0.25, 0.3) is 0 Å². The molecule has 7 unspecified atom stereocenters. The van der Waals surface area contributed by atoms with Crippen LogP contribution in [0, 0.1) is 82.9 Å². The highest BCUT2D eigenvalue weighted by atomic mass is 32.2. The van der Waals surface area contributed by atoms with Crippen molar-refractivity contribution < 1.29 is 104 Å². The van der Waals surface area contributed by atoms with Gasteiger partial charge in [-0.1, -0.05) is 115 Å². The normalized spacial score (nSPS) is 17.2. The number of ether oxygens (including phenoxy) is 6. The Kier molecular flexibility index (Phi) is 30.5. The van der Waals surface area contributed by atoms with Gasteiger partial charge in [-0.2, -0.15) is 0 Å². The van der Waals surface area contributed by atoms with Gasteiger partial charge in [0.15, 0.2) is 44.0 Å². The number of aliphatic carboxylic acids is 3. The van der Waals surface area contributed by atoms with E-state index in [4.69, 9.17) is 28.4 Å². The Bertz CT molecular complexity index is 5480. The quantitative estimate of drug-likeness (QED) is 0.0384. The molecule has 124 heavy (non-hydrogen) atoms. The van der Waals surface area contributed by atoms with Crippen LogP contribution in [0.1, 0.15) is 136 Å². The number of hydrogen-bond donors (Lipinski definition) is 3. The molecule has 24 nitrogen and oxygen atoms in total. The van der Waals surface area contributed by atoms with Gasteiger partial charge in [-0.05, 0) is 268 Å². The Morgan fingerprint density at radius 1 is 0.403 bits per heavy atom. The Hall–Kier alpha value is -12.4. The summed E-state index contributed by atoms with van der Waals surface area (Å²) in [6.45, 7) is 21.9. The van der Waals surface area contributed by atoms with E-state index in [9.17, 15) is 75.5 Å². The Balaban J connectivity index is 0.000000195. The second kappa shape index (κ2) is 40.3. The number of sulfone groups is 1. The number of amides is 3. The van der Waals surface area contributed by atoms with Crippen molar-refractivity contribution in [2.24, 2.45) is 35.5 Å². The lowest BCUT2D eigenvalue weighted by molar-refractivity contribution is -0.152. The standard InChI is InChI=1S/C33H37NO8S.C33H37NO7S.C31H32FNO6/c1-21-17-23(18-22(2)30(21)42-33(3,4)31(36)37)11-12-25-19-34(32(38)41-26-9-7-6-8-10-26)20-28(25)29(35)24-13-15-27(16-14-24)43(5,39)40;1-21-17-23(18-22(2)30(21)41-33(3,4)31(36)37)11-12-25-19-34(32(38)40-26-9-7-6-8-10-26)20-28(25)29(35)24-13-15-27(16-14-24)42(5)39;1-19-14-21(15-20(2)28(19)39-31(3,4)29(35)36)16-23-17-33(30(37)38-25-8-6-5-7-9-25)18-26(23)27(34)22-10-12-24(32)13-11-22/h6-10,13-18,25,28H,11-12,19-20H2,1-5H3,(H,36,37);6-10,13-18,25,28H,11-12,19-20H2,1-5H3,(H,36,37);5-15,23,26H,16-18H2,1-4H3,(H,35,36). The molecule has 27 heteroatoms. The third-order valence-electron chi connectivity index (χ3n) is 22.4. The molecule has 9 aromatic carbocycles. The van der Waals surface area contributed by atoms with Crippen LogP contribution >= 0.6 is 0 Å². The molecule has 3 saturated heterocycles. The summed E-state index contributed by atoms with van der Waals surface area (Å²) in [6, 6.07) is 56.2. The lowest BCUT2D eigenvalue weighted by Crippen LogP contribution is -2.38. The monoisotopic (exact) mass is 1730 g/mol. The topological polar surface area (TPSA) is 331 Å². The zero-order valence-electron chi connectivity index (χ0n) is 72.0. The van der Waals surface area contributed by atoms with E-state index < -0.39 is 97.2 Å². The first-order valence-corrected chi connectivity index (χ1v) is 44.2. The summed E-state index contributed by atoms with van der Waals surface area (Å²) in [4.78, 5) is 120. The molecule has 3 N–H and O–H groups in total. The van der Waals surface area contributed by atoms with E-state index in [0.29, 0.717) is 108 Å². The molecule has 0 bridgehead atoms. The number of halogens is 1. The summed E-state index contributed by atoms with van der Waals surface area (Å²) in [7, 11) is -4.56. The van der Waals surface area contributed by atoms with Gasteiger partial charge in [-0.25, -0.2) is 41.6 Å². The molecular weight excluding hydrogens is 1630 g/mol. The van der Waals surface area contributed by atoms with E-state index in [1.807, 2.05) is 96.1 Å². The highest BCUT2D eigenvalue weighted by molar-refractivity contribution is 7.90. The van der Waals surface area contributed by atoms with Crippen molar-refractivity contribution in [1.29, 1.82) is 0 Å². The maximum absolute atomic E-state index is 13.7. The number of carboxylic acid groups (broad SMARTS) is 3. The molecule has 0 aromatic heterocycles. The number of carbonyl (C=O) groups excluding carboxylic acids is 6. The van der Waals surface area contributed by atoms with Gasteiger partial charge < -0.3 is 58.4 Å². The minimum atomic E-state index is -3.41. The molecule has 654 valence electrons.